The van der Waals surface area contributed by atoms with Crippen LogP contribution in [0.1, 0.15) is 6.92 Å². The third-order valence-corrected chi connectivity index (χ3v) is 3.58. The number of nitrogens with one attached hydrogen (secondary N) is 1. The highest BCUT2D eigenvalue weighted by atomic mass is 19.2. The molecule has 1 N–H and O–H groups in total. The molecule has 6 nitrogen and oxygen atoms in total. The van der Waals surface area contributed by atoms with Crippen LogP contribution < -0.4 is 19.7 Å². The van der Waals surface area contributed by atoms with E-state index in [0.29, 0.717) is 17.2 Å². The van der Waals surface area contributed by atoms with E-state index in [4.69, 9.17) is 9.47 Å². The van der Waals surface area contributed by atoms with Crippen LogP contribution in [-0.4, -0.2) is 32.6 Å². The van der Waals surface area contributed by atoms with Gasteiger partial charge in [-0.15, -0.1) is 0 Å². The van der Waals surface area contributed by atoms with Gasteiger partial charge in [0.05, 0.1) is 19.9 Å². The molecular formula is C18H18F2N2O4. The number of amides is 2. The molecule has 0 bridgehead atoms. The molecule has 0 aliphatic carbocycles. The minimum atomic E-state index is -1.11. The van der Waals surface area contributed by atoms with Gasteiger partial charge in [-0.25, -0.2) is 8.78 Å². The number of methoxy groups -OCH3 is 2. The molecule has 0 heterocycles. The standard InChI is InChI=1S/C18H18F2N2O4/c1-11(23)22(12-4-6-14(19)15(20)8-12)10-18(24)21-16-7-5-13(25-2)9-17(16)26-3/h4-9H,10H2,1-3H3,(H,21,24). The summed E-state index contributed by atoms with van der Waals surface area (Å²) >= 11 is 0. The van der Waals surface area contributed by atoms with Crippen LogP contribution in [0.3, 0.4) is 0 Å². The molecule has 0 saturated carbocycles. The van der Waals surface area contributed by atoms with Crippen molar-refractivity contribution in [3.8, 4) is 11.5 Å². The predicted molar refractivity (Wildman–Crippen MR) is 92.6 cm³/mol. The maximum absolute atomic E-state index is 13.4. The zero-order chi connectivity index (χ0) is 19.3. The van der Waals surface area contributed by atoms with E-state index in [1.165, 1.54) is 27.2 Å². The number of ether oxygens (including phenoxy) is 2. The topological polar surface area (TPSA) is 67.9 Å². The van der Waals surface area contributed by atoms with Crippen molar-refractivity contribution in [3.63, 3.8) is 0 Å². The number of carbonyl (C=O) groups excluding carboxylic acids is 2. The van der Waals surface area contributed by atoms with Gasteiger partial charge in [0.25, 0.3) is 0 Å². The zero-order valence-electron chi connectivity index (χ0n) is 14.5. The monoisotopic (exact) mass is 364 g/mol. The first-order chi connectivity index (χ1) is 12.3. The number of carbonyl (C=O) groups is 2. The molecule has 0 fully saturated rings. The van der Waals surface area contributed by atoms with Gasteiger partial charge in [0.1, 0.15) is 18.0 Å². The molecule has 2 aromatic carbocycles. The van der Waals surface area contributed by atoms with Gasteiger partial charge in [-0.3, -0.25) is 9.59 Å². The number of benzene rings is 2. The first-order valence-electron chi connectivity index (χ1n) is 7.60. The summed E-state index contributed by atoms with van der Waals surface area (Å²) in [5.41, 5.74) is 0.459. The average Bonchev–Trinajstić information content (AvgIpc) is 2.62. The normalized spacial score (nSPS) is 10.2. The van der Waals surface area contributed by atoms with Crippen LogP contribution in [0.5, 0.6) is 11.5 Å². The highest BCUT2D eigenvalue weighted by Gasteiger charge is 2.18. The number of hydrogen-bond donors (Lipinski definition) is 1. The Labute approximate surface area is 149 Å². The Morgan fingerprint density at radius 2 is 1.77 bits per heavy atom. The van der Waals surface area contributed by atoms with Crippen molar-refractivity contribution in [1.29, 1.82) is 0 Å². The van der Waals surface area contributed by atoms with Crippen molar-refractivity contribution >= 4 is 23.2 Å². The Hall–Kier alpha value is -3.16. The molecule has 0 radical (unpaired) electrons. The molecule has 138 valence electrons. The number of halogens is 2. The van der Waals surface area contributed by atoms with E-state index in [9.17, 15) is 18.4 Å². The molecule has 2 rings (SSSR count). The summed E-state index contributed by atoms with van der Waals surface area (Å²) in [7, 11) is 2.94. The van der Waals surface area contributed by atoms with Crippen LogP contribution in [0, 0.1) is 11.6 Å². The van der Waals surface area contributed by atoms with Crippen molar-refractivity contribution in [2.45, 2.75) is 6.92 Å². The van der Waals surface area contributed by atoms with E-state index in [-0.39, 0.29) is 12.2 Å². The highest BCUT2D eigenvalue weighted by Crippen LogP contribution is 2.29. The lowest BCUT2D eigenvalue weighted by atomic mass is 10.2. The number of rotatable bonds is 6. The summed E-state index contributed by atoms with van der Waals surface area (Å²) < 4.78 is 36.8. The van der Waals surface area contributed by atoms with Crippen LogP contribution in [0.2, 0.25) is 0 Å². The van der Waals surface area contributed by atoms with E-state index in [2.05, 4.69) is 5.32 Å². The largest absolute Gasteiger partial charge is 0.497 e. The fourth-order valence-corrected chi connectivity index (χ4v) is 2.27. The van der Waals surface area contributed by atoms with E-state index in [1.54, 1.807) is 18.2 Å². The summed E-state index contributed by atoms with van der Waals surface area (Å²) in [6, 6.07) is 7.79. The van der Waals surface area contributed by atoms with Crippen LogP contribution >= 0.6 is 0 Å². The minimum absolute atomic E-state index is 0.0771. The molecule has 0 aromatic heterocycles. The Morgan fingerprint density at radius 1 is 1.04 bits per heavy atom. The maximum atomic E-state index is 13.4. The van der Waals surface area contributed by atoms with Crippen molar-refractivity contribution in [2.75, 3.05) is 31.0 Å². The lowest BCUT2D eigenvalue weighted by Gasteiger charge is -2.21. The molecule has 2 amide bonds. The molecule has 0 saturated heterocycles. The average molecular weight is 364 g/mol. The number of anilines is 2. The quantitative estimate of drug-likeness (QED) is 0.856. The first-order valence-corrected chi connectivity index (χ1v) is 7.60. The molecule has 2 aromatic rings. The van der Waals surface area contributed by atoms with Crippen LogP contribution in [-0.2, 0) is 9.59 Å². The second-order valence-electron chi connectivity index (χ2n) is 5.32. The Bertz CT molecular complexity index is 827. The Kier molecular flexibility index (Phi) is 6.11. The minimum Gasteiger partial charge on any atom is -0.497 e. The third kappa shape index (κ3) is 4.47. The summed E-state index contributed by atoms with van der Waals surface area (Å²) in [6.45, 7) is 0.845. The number of hydrogen-bond acceptors (Lipinski definition) is 4. The van der Waals surface area contributed by atoms with E-state index in [1.807, 2.05) is 0 Å². The zero-order valence-corrected chi connectivity index (χ0v) is 14.5. The molecule has 0 spiro atoms. The van der Waals surface area contributed by atoms with Gasteiger partial charge in [-0.1, -0.05) is 0 Å². The van der Waals surface area contributed by atoms with Crippen molar-refractivity contribution in [1.82, 2.24) is 0 Å². The molecule has 0 aliphatic heterocycles. The second-order valence-corrected chi connectivity index (χ2v) is 5.32. The van der Waals surface area contributed by atoms with E-state index < -0.39 is 23.4 Å². The van der Waals surface area contributed by atoms with Crippen LogP contribution in [0.15, 0.2) is 36.4 Å². The van der Waals surface area contributed by atoms with Crippen molar-refractivity contribution in [3.05, 3.63) is 48.0 Å². The fourth-order valence-electron chi connectivity index (χ4n) is 2.27. The van der Waals surface area contributed by atoms with E-state index >= 15 is 0 Å². The van der Waals surface area contributed by atoms with Gasteiger partial charge in [0.2, 0.25) is 11.8 Å². The molecule has 8 heteroatoms. The predicted octanol–water partition coefficient (Wildman–Crippen LogP) is 2.97. The second kappa shape index (κ2) is 8.28. The van der Waals surface area contributed by atoms with Gasteiger partial charge in [0.15, 0.2) is 11.6 Å². The smallest absolute Gasteiger partial charge is 0.244 e. The molecule has 0 unspecified atom stereocenters. The van der Waals surface area contributed by atoms with Gasteiger partial charge in [0, 0.05) is 24.7 Å². The van der Waals surface area contributed by atoms with E-state index in [0.717, 1.165) is 17.0 Å². The molecule has 26 heavy (non-hydrogen) atoms. The van der Waals surface area contributed by atoms with Gasteiger partial charge < -0.3 is 19.7 Å². The van der Waals surface area contributed by atoms with Crippen molar-refractivity contribution in [2.24, 2.45) is 0 Å². The highest BCUT2D eigenvalue weighted by molar-refractivity contribution is 6.02. The lowest BCUT2D eigenvalue weighted by molar-refractivity contribution is -0.120. The molecule has 0 aliphatic rings. The lowest BCUT2D eigenvalue weighted by Crippen LogP contribution is -2.36. The summed E-state index contributed by atoms with van der Waals surface area (Å²) in [5.74, 6) is -2.25. The van der Waals surface area contributed by atoms with Gasteiger partial charge >= 0.3 is 0 Å². The molecular weight excluding hydrogens is 346 g/mol. The first kappa shape index (κ1) is 19.2. The molecule has 0 atom stereocenters. The fraction of sp³-hybridized carbons (Fsp3) is 0.222. The van der Waals surface area contributed by atoms with Gasteiger partial charge in [-0.05, 0) is 24.3 Å². The Morgan fingerprint density at radius 3 is 2.35 bits per heavy atom. The summed E-state index contributed by atoms with van der Waals surface area (Å²) in [5, 5.41) is 2.61. The summed E-state index contributed by atoms with van der Waals surface area (Å²) in [4.78, 5) is 25.2. The third-order valence-electron chi connectivity index (χ3n) is 3.58. The Balaban J connectivity index is 2.18. The van der Waals surface area contributed by atoms with Crippen LogP contribution in [0.4, 0.5) is 20.2 Å². The summed E-state index contributed by atoms with van der Waals surface area (Å²) in [6.07, 6.45) is 0. The van der Waals surface area contributed by atoms with Crippen molar-refractivity contribution < 1.29 is 27.8 Å². The van der Waals surface area contributed by atoms with Gasteiger partial charge in [-0.2, -0.15) is 0 Å². The maximum Gasteiger partial charge on any atom is 0.244 e. The SMILES string of the molecule is COc1ccc(NC(=O)CN(C(C)=O)c2ccc(F)c(F)c2)c(OC)c1. The van der Waals surface area contributed by atoms with Crippen LogP contribution in [0.25, 0.3) is 0 Å². The number of nitrogens with zero attached hydrogens (tertiary/aromatic N) is 1.